The van der Waals surface area contributed by atoms with Crippen LogP contribution in [0.1, 0.15) is 10.4 Å². The number of rotatable bonds is 3. The second-order valence-corrected chi connectivity index (χ2v) is 7.71. The Hall–Kier alpha value is -1.41. The van der Waals surface area contributed by atoms with Gasteiger partial charge in [0.05, 0.1) is 11.0 Å². The first kappa shape index (κ1) is 15.0. The number of halogens is 1. The fourth-order valence-corrected chi connectivity index (χ4v) is 3.23. The van der Waals surface area contributed by atoms with Crippen molar-refractivity contribution in [2.24, 2.45) is 14.1 Å². The molecule has 8 heteroatoms. The van der Waals surface area contributed by atoms with Gasteiger partial charge in [0.25, 0.3) is 0 Å². The van der Waals surface area contributed by atoms with Crippen molar-refractivity contribution in [1.29, 1.82) is 0 Å². The molecule has 0 aliphatic carbocycles. The quantitative estimate of drug-likeness (QED) is 0.760. The molecule has 0 spiro atoms. The minimum Gasteiger partial charge on any atom is -0.295 e. The lowest BCUT2D eigenvalue weighted by Crippen LogP contribution is -2.19. The third-order valence-corrected chi connectivity index (χ3v) is 4.50. The average Bonchev–Trinajstić information content (AvgIpc) is 2.51. The maximum absolute atomic E-state index is 12.0. The van der Waals surface area contributed by atoms with Gasteiger partial charge >= 0.3 is 5.69 Å². The van der Waals surface area contributed by atoms with Gasteiger partial charge in [-0.2, -0.15) is 0 Å². The number of nitrogens with zero attached hydrogens (tertiary/aromatic N) is 2. The van der Waals surface area contributed by atoms with Crippen molar-refractivity contribution in [2.75, 3.05) is 12.0 Å². The molecule has 108 valence electrons. The van der Waals surface area contributed by atoms with E-state index in [-0.39, 0.29) is 11.3 Å². The number of sulfone groups is 1. The van der Waals surface area contributed by atoms with Crippen LogP contribution in [0.25, 0.3) is 11.0 Å². The van der Waals surface area contributed by atoms with Crippen molar-refractivity contribution in [2.45, 2.75) is 0 Å². The molecule has 0 bridgehead atoms. The van der Waals surface area contributed by atoms with Crippen LogP contribution in [0.5, 0.6) is 0 Å². The third-order valence-electron chi connectivity index (χ3n) is 3.05. The van der Waals surface area contributed by atoms with Crippen LogP contribution < -0.4 is 5.69 Å². The molecule has 0 aliphatic heterocycles. The van der Waals surface area contributed by atoms with E-state index in [0.29, 0.717) is 15.5 Å². The van der Waals surface area contributed by atoms with Crippen molar-refractivity contribution in [3.05, 3.63) is 32.7 Å². The predicted octanol–water partition coefficient (Wildman–Crippen LogP) is 0.867. The molecule has 0 unspecified atom stereocenters. The number of hydrogen-bond donors (Lipinski definition) is 0. The van der Waals surface area contributed by atoms with E-state index in [2.05, 4.69) is 15.9 Å². The maximum Gasteiger partial charge on any atom is 0.328 e. The molecule has 1 aromatic carbocycles. The number of carbonyl (C=O) groups is 1. The zero-order chi connectivity index (χ0) is 15.2. The van der Waals surface area contributed by atoms with Crippen LogP contribution in [0.2, 0.25) is 0 Å². The smallest absolute Gasteiger partial charge is 0.295 e. The highest BCUT2D eigenvalue weighted by atomic mass is 79.9. The maximum atomic E-state index is 12.0. The molecule has 2 rings (SSSR count). The molecule has 0 radical (unpaired) electrons. The van der Waals surface area contributed by atoms with Gasteiger partial charge in [-0.25, -0.2) is 13.2 Å². The molecule has 20 heavy (non-hydrogen) atoms. The first-order valence-corrected chi connectivity index (χ1v) is 8.53. The zero-order valence-corrected chi connectivity index (χ0v) is 13.6. The molecule has 6 nitrogen and oxygen atoms in total. The van der Waals surface area contributed by atoms with Crippen molar-refractivity contribution >= 4 is 42.6 Å². The van der Waals surface area contributed by atoms with Gasteiger partial charge in [-0.1, -0.05) is 0 Å². The summed E-state index contributed by atoms with van der Waals surface area (Å²) in [7, 11) is -0.164. The van der Waals surface area contributed by atoms with Gasteiger partial charge in [-0.3, -0.25) is 13.9 Å². The molecule has 0 saturated heterocycles. The normalized spacial score (nSPS) is 12.0. The molecule has 2 aromatic rings. The molecule has 0 aliphatic rings. The monoisotopic (exact) mass is 360 g/mol. The van der Waals surface area contributed by atoms with Gasteiger partial charge in [0.15, 0.2) is 15.6 Å². The Morgan fingerprint density at radius 1 is 1.20 bits per heavy atom. The zero-order valence-electron chi connectivity index (χ0n) is 11.2. The molecule has 1 heterocycles. The second-order valence-electron chi connectivity index (χ2n) is 4.71. The number of benzene rings is 1. The lowest BCUT2D eigenvalue weighted by Gasteiger charge is -2.05. The van der Waals surface area contributed by atoms with Crippen LogP contribution in [-0.4, -0.2) is 35.3 Å². The van der Waals surface area contributed by atoms with E-state index in [1.807, 2.05) is 0 Å². The predicted molar refractivity (Wildman–Crippen MR) is 79.9 cm³/mol. The summed E-state index contributed by atoms with van der Waals surface area (Å²) in [6.45, 7) is 0. The van der Waals surface area contributed by atoms with E-state index in [4.69, 9.17) is 0 Å². The Balaban J connectivity index is 2.68. The van der Waals surface area contributed by atoms with E-state index >= 15 is 0 Å². The van der Waals surface area contributed by atoms with Gasteiger partial charge in [-0.15, -0.1) is 0 Å². The SMILES string of the molecule is Cn1c(=O)n(C)c2cc(C(=O)CS(C)(=O)=O)c(Br)cc21. The summed E-state index contributed by atoms with van der Waals surface area (Å²) in [5.74, 6) is -1.06. The van der Waals surface area contributed by atoms with Crippen LogP contribution in [0, 0.1) is 0 Å². The summed E-state index contributed by atoms with van der Waals surface area (Å²) in [6, 6.07) is 3.18. The topological polar surface area (TPSA) is 78.1 Å². The Kier molecular flexibility index (Phi) is 3.64. The van der Waals surface area contributed by atoms with Crippen LogP contribution in [-0.2, 0) is 23.9 Å². The summed E-state index contributed by atoms with van der Waals surface area (Å²) in [6.07, 6.45) is 1.01. The van der Waals surface area contributed by atoms with E-state index < -0.39 is 21.4 Å². The first-order valence-electron chi connectivity index (χ1n) is 5.67. The standard InChI is InChI=1S/C12H13BrN2O4S/c1-14-9-4-7(11(16)6-20(3,18)19)8(13)5-10(9)15(2)12(14)17/h4-5H,6H2,1-3H3. The molecule has 0 saturated carbocycles. The highest BCUT2D eigenvalue weighted by Gasteiger charge is 2.19. The van der Waals surface area contributed by atoms with E-state index in [9.17, 15) is 18.0 Å². The van der Waals surface area contributed by atoms with E-state index in [0.717, 1.165) is 6.26 Å². The number of hydrogen-bond acceptors (Lipinski definition) is 4. The molecule has 0 fully saturated rings. The Bertz CT molecular complexity index is 877. The van der Waals surface area contributed by atoms with Crippen LogP contribution >= 0.6 is 15.9 Å². The summed E-state index contributed by atoms with van der Waals surface area (Å²) < 4.78 is 25.8. The largest absolute Gasteiger partial charge is 0.328 e. The Morgan fingerprint density at radius 2 is 1.70 bits per heavy atom. The molecule has 1 aromatic heterocycles. The van der Waals surface area contributed by atoms with Crippen LogP contribution in [0.3, 0.4) is 0 Å². The molecule has 0 N–H and O–H groups in total. The van der Waals surface area contributed by atoms with E-state index in [1.54, 1.807) is 20.2 Å². The first-order chi connectivity index (χ1) is 9.11. The molecular weight excluding hydrogens is 348 g/mol. The average molecular weight is 361 g/mol. The fraction of sp³-hybridized carbons (Fsp3) is 0.333. The van der Waals surface area contributed by atoms with Gasteiger partial charge < -0.3 is 0 Å². The number of fused-ring (bicyclic) bond motifs is 1. The van der Waals surface area contributed by atoms with Gasteiger partial charge in [0.2, 0.25) is 0 Å². The highest BCUT2D eigenvalue weighted by molar-refractivity contribution is 9.10. The highest BCUT2D eigenvalue weighted by Crippen LogP contribution is 2.24. The summed E-state index contributed by atoms with van der Waals surface area (Å²) in [5, 5.41) is 0. The summed E-state index contributed by atoms with van der Waals surface area (Å²) >= 11 is 3.25. The van der Waals surface area contributed by atoms with Crippen LogP contribution in [0.15, 0.2) is 21.4 Å². The minimum atomic E-state index is -3.40. The molecule has 0 atom stereocenters. The number of aryl methyl sites for hydroxylation is 2. The van der Waals surface area contributed by atoms with Gasteiger partial charge in [0.1, 0.15) is 5.75 Å². The van der Waals surface area contributed by atoms with Crippen molar-refractivity contribution < 1.29 is 13.2 Å². The summed E-state index contributed by atoms with van der Waals surface area (Å²) in [4.78, 5) is 23.9. The second kappa shape index (κ2) is 4.85. The van der Waals surface area contributed by atoms with Crippen molar-refractivity contribution in [1.82, 2.24) is 9.13 Å². The molecular formula is C12H13BrN2O4S. The van der Waals surface area contributed by atoms with Crippen molar-refractivity contribution in [3.8, 4) is 0 Å². The number of carbonyl (C=O) groups excluding carboxylic acids is 1. The molecule has 0 amide bonds. The summed E-state index contributed by atoms with van der Waals surface area (Å²) in [5.41, 5.74) is 1.29. The van der Waals surface area contributed by atoms with Crippen LogP contribution in [0.4, 0.5) is 0 Å². The minimum absolute atomic E-state index is 0.209. The fourth-order valence-electron chi connectivity index (χ4n) is 2.05. The van der Waals surface area contributed by atoms with Crippen molar-refractivity contribution in [3.63, 3.8) is 0 Å². The lowest BCUT2D eigenvalue weighted by atomic mass is 10.1. The van der Waals surface area contributed by atoms with Gasteiger partial charge in [-0.05, 0) is 28.1 Å². The number of aromatic nitrogens is 2. The number of imidazole rings is 1. The number of Topliss-reactive ketones (excluding diaryl/α,β-unsaturated/α-hetero) is 1. The Morgan fingerprint density at radius 3 is 2.20 bits per heavy atom. The van der Waals surface area contributed by atoms with E-state index in [1.165, 1.54) is 15.2 Å². The number of ketones is 1. The Labute approximate surface area is 124 Å². The lowest BCUT2D eigenvalue weighted by molar-refractivity contribution is 0.102. The van der Waals surface area contributed by atoms with Gasteiger partial charge in [0, 0.05) is 30.4 Å². The third kappa shape index (κ3) is 2.57.